The van der Waals surface area contributed by atoms with E-state index in [1.807, 2.05) is 12.1 Å². The van der Waals surface area contributed by atoms with Crippen LogP contribution in [0.15, 0.2) is 24.5 Å². The molecule has 1 aromatic heterocycles. The van der Waals surface area contributed by atoms with Gasteiger partial charge in [-0.25, -0.2) is 8.42 Å². The van der Waals surface area contributed by atoms with Gasteiger partial charge >= 0.3 is 0 Å². The van der Waals surface area contributed by atoms with Gasteiger partial charge in [-0.1, -0.05) is 0 Å². The van der Waals surface area contributed by atoms with Crippen molar-refractivity contribution in [3.63, 3.8) is 0 Å². The van der Waals surface area contributed by atoms with Crippen LogP contribution >= 0.6 is 0 Å². The molecular weight excluding hydrogens is 358 g/mol. The molecule has 0 saturated carbocycles. The fourth-order valence-corrected chi connectivity index (χ4v) is 5.13. The zero-order chi connectivity index (χ0) is 18.2. The molecule has 3 aliphatic heterocycles. The third-order valence-corrected chi connectivity index (χ3v) is 6.96. The van der Waals surface area contributed by atoms with E-state index in [0.717, 1.165) is 13.1 Å². The zero-order valence-corrected chi connectivity index (χ0v) is 15.3. The van der Waals surface area contributed by atoms with Gasteiger partial charge < -0.3 is 14.8 Å². The van der Waals surface area contributed by atoms with E-state index in [2.05, 4.69) is 15.2 Å². The Balaban J connectivity index is 1.32. The highest BCUT2D eigenvalue weighted by Gasteiger charge is 2.47. The van der Waals surface area contributed by atoms with E-state index in [4.69, 9.17) is 9.47 Å². The summed E-state index contributed by atoms with van der Waals surface area (Å²) in [5.41, 5.74) is 0.718. The van der Waals surface area contributed by atoms with Gasteiger partial charge in [0, 0.05) is 38.4 Å². The summed E-state index contributed by atoms with van der Waals surface area (Å²) >= 11 is 0. The van der Waals surface area contributed by atoms with Crippen LogP contribution < -0.4 is 5.32 Å². The molecule has 0 bridgehead atoms. The summed E-state index contributed by atoms with van der Waals surface area (Å²) in [7, 11) is -2.96. The molecule has 0 unspecified atom stereocenters. The predicted molar refractivity (Wildman–Crippen MR) is 93.1 cm³/mol. The van der Waals surface area contributed by atoms with Crippen molar-refractivity contribution in [2.45, 2.75) is 30.7 Å². The van der Waals surface area contributed by atoms with Crippen LogP contribution in [0.2, 0.25) is 0 Å². The lowest BCUT2D eigenvalue weighted by molar-refractivity contribution is -0.130. The molecule has 4 rings (SSSR count). The van der Waals surface area contributed by atoms with Crippen LogP contribution in [0.5, 0.6) is 0 Å². The number of pyridine rings is 1. The standard InChI is InChI=1S/C17H23N3O5S/c21-16(19-14-9-26(22,23)10-14)15-7-17(12-24-15)11-20(5-6-25-17)8-13-1-3-18-4-2-13/h1-4,14-15H,5-12H2,(H,19,21)/t15-,17-/m1/s1. The van der Waals surface area contributed by atoms with E-state index >= 15 is 0 Å². The molecule has 3 saturated heterocycles. The topological polar surface area (TPSA) is 97.8 Å². The van der Waals surface area contributed by atoms with Crippen molar-refractivity contribution in [3.8, 4) is 0 Å². The smallest absolute Gasteiger partial charge is 0.249 e. The highest BCUT2D eigenvalue weighted by molar-refractivity contribution is 7.92. The number of nitrogens with one attached hydrogen (secondary N) is 1. The summed E-state index contributed by atoms with van der Waals surface area (Å²) < 4.78 is 34.1. The highest BCUT2D eigenvalue weighted by atomic mass is 32.2. The maximum absolute atomic E-state index is 12.4. The van der Waals surface area contributed by atoms with E-state index in [9.17, 15) is 13.2 Å². The van der Waals surface area contributed by atoms with E-state index in [-0.39, 0.29) is 23.5 Å². The molecule has 8 nitrogen and oxygen atoms in total. The summed E-state index contributed by atoms with van der Waals surface area (Å²) in [5.74, 6) is -0.198. The van der Waals surface area contributed by atoms with Gasteiger partial charge in [-0.3, -0.25) is 14.7 Å². The van der Waals surface area contributed by atoms with Crippen molar-refractivity contribution in [1.29, 1.82) is 0 Å². The molecule has 0 aliphatic carbocycles. The first-order chi connectivity index (χ1) is 12.4. The Hall–Kier alpha value is -1.55. The Morgan fingerprint density at radius 3 is 2.85 bits per heavy atom. The van der Waals surface area contributed by atoms with E-state index in [0.29, 0.717) is 26.2 Å². The number of hydrogen-bond donors (Lipinski definition) is 1. The SMILES string of the molecule is O=C(NC1CS(=O)(=O)C1)[C@H]1C[C@]2(CO1)CN(Cc1ccncc1)CCO2. The first kappa shape index (κ1) is 17.8. The number of morpholine rings is 1. The van der Waals surface area contributed by atoms with Crippen molar-refractivity contribution < 1.29 is 22.7 Å². The number of sulfone groups is 1. The van der Waals surface area contributed by atoms with Gasteiger partial charge in [-0.2, -0.15) is 0 Å². The second kappa shape index (κ2) is 6.88. The number of nitrogens with zero attached hydrogens (tertiary/aromatic N) is 2. The molecule has 3 aliphatic rings. The monoisotopic (exact) mass is 381 g/mol. The van der Waals surface area contributed by atoms with Gasteiger partial charge in [0.15, 0.2) is 9.84 Å². The third-order valence-electron chi connectivity index (χ3n) is 5.14. The number of rotatable bonds is 4. The lowest BCUT2D eigenvalue weighted by Crippen LogP contribution is -2.55. The van der Waals surface area contributed by atoms with Crippen molar-refractivity contribution in [3.05, 3.63) is 30.1 Å². The van der Waals surface area contributed by atoms with E-state index in [1.165, 1.54) is 5.56 Å². The Morgan fingerprint density at radius 2 is 2.12 bits per heavy atom. The summed E-state index contributed by atoms with van der Waals surface area (Å²) in [5, 5.41) is 2.77. The maximum Gasteiger partial charge on any atom is 0.249 e. The maximum atomic E-state index is 12.4. The number of carbonyl (C=O) groups excluding carboxylic acids is 1. The fraction of sp³-hybridized carbons (Fsp3) is 0.647. The lowest BCUT2D eigenvalue weighted by Gasteiger charge is -2.39. The van der Waals surface area contributed by atoms with Crippen molar-refractivity contribution in [2.75, 3.05) is 37.8 Å². The molecule has 1 spiro atoms. The zero-order valence-electron chi connectivity index (χ0n) is 14.5. The number of ether oxygens (including phenoxy) is 2. The summed E-state index contributed by atoms with van der Waals surface area (Å²) in [6, 6.07) is 3.70. The van der Waals surface area contributed by atoms with E-state index in [1.54, 1.807) is 12.4 Å². The normalized spacial score (nSPS) is 31.6. The number of amides is 1. The van der Waals surface area contributed by atoms with E-state index < -0.39 is 21.5 Å². The van der Waals surface area contributed by atoms with Crippen molar-refractivity contribution in [1.82, 2.24) is 15.2 Å². The minimum Gasteiger partial charge on any atom is -0.370 e. The highest BCUT2D eigenvalue weighted by Crippen LogP contribution is 2.32. The van der Waals surface area contributed by atoms with Crippen molar-refractivity contribution >= 4 is 15.7 Å². The van der Waals surface area contributed by atoms with Crippen LogP contribution in [0.25, 0.3) is 0 Å². The Kier molecular flexibility index (Phi) is 4.72. The molecule has 26 heavy (non-hydrogen) atoms. The van der Waals surface area contributed by atoms with Gasteiger partial charge in [-0.15, -0.1) is 0 Å². The average Bonchev–Trinajstić information content (AvgIpc) is 2.97. The van der Waals surface area contributed by atoms with Crippen LogP contribution in [0.3, 0.4) is 0 Å². The number of carbonyl (C=O) groups is 1. The van der Waals surface area contributed by atoms with Crippen LogP contribution in [0.1, 0.15) is 12.0 Å². The summed E-state index contributed by atoms with van der Waals surface area (Å²) in [6.45, 7) is 3.33. The summed E-state index contributed by atoms with van der Waals surface area (Å²) in [4.78, 5) is 18.7. The van der Waals surface area contributed by atoms with Gasteiger partial charge in [0.25, 0.3) is 0 Å². The number of aromatic nitrogens is 1. The van der Waals surface area contributed by atoms with Gasteiger partial charge in [0.05, 0.1) is 30.8 Å². The fourth-order valence-electron chi connectivity index (χ4n) is 3.83. The molecule has 2 atom stereocenters. The second-order valence-corrected chi connectivity index (χ2v) is 9.54. The Labute approximate surface area is 152 Å². The molecule has 4 heterocycles. The van der Waals surface area contributed by atoms with Gasteiger partial charge in [0.1, 0.15) is 11.7 Å². The first-order valence-corrected chi connectivity index (χ1v) is 10.6. The molecule has 3 fully saturated rings. The third kappa shape index (κ3) is 3.90. The molecule has 1 amide bonds. The molecule has 0 aromatic carbocycles. The lowest BCUT2D eigenvalue weighted by atomic mass is 9.97. The Bertz CT molecular complexity index is 760. The Morgan fingerprint density at radius 1 is 1.35 bits per heavy atom. The summed E-state index contributed by atoms with van der Waals surface area (Å²) in [6.07, 6.45) is 3.47. The molecule has 1 N–H and O–H groups in total. The molecule has 1 aromatic rings. The van der Waals surface area contributed by atoms with Gasteiger partial charge in [0.2, 0.25) is 5.91 Å². The molecule has 142 valence electrons. The van der Waals surface area contributed by atoms with Crippen molar-refractivity contribution in [2.24, 2.45) is 0 Å². The minimum absolute atomic E-state index is 0.0206. The largest absolute Gasteiger partial charge is 0.370 e. The molecular formula is C17H23N3O5S. The second-order valence-electron chi connectivity index (χ2n) is 7.38. The minimum atomic E-state index is -2.96. The van der Waals surface area contributed by atoms with Gasteiger partial charge in [-0.05, 0) is 17.7 Å². The first-order valence-electron chi connectivity index (χ1n) is 8.81. The molecule has 9 heteroatoms. The van der Waals surface area contributed by atoms with Crippen LogP contribution in [-0.2, 0) is 30.7 Å². The van der Waals surface area contributed by atoms with Crippen LogP contribution in [0, 0.1) is 0 Å². The number of hydrogen-bond acceptors (Lipinski definition) is 7. The van der Waals surface area contributed by atoms with Crippen LogP contribution in [-0.4, -0.2) is 79.8 Å². The quantitative estimate of drug-likeness (QED) is 0.740. The molecule has 0 radical (unpaired) electrons. The predicted octanol–water partition coefficient (Wildman–Crippen LogP) is -0.645. The van der Waals surface area contributed by atoms with Crippen LogP contribution in [0.4, 0.5) is 0 Å². The average molecular weight is 381 g/mol.